The fraction of sp³-hybridized carbons (Fsp3) is 0.308. The topological polar surface area (TPSA) is 12.9 Å². The lowest BCUT2D eigenvalue weighted by molar-refractivity contribution is 1.07. The van der Waals surface area contributed by atoms with E-state index in [0.717, 1.165) is 17.8 Å². The third kappa shape index (κ3) is 2.26. The van der Waals surface area contributed by atoms with E-state index in [-0.39, 0.29) is 0 Å². The van der Waals surface area contributed by atoms with Crippen LogP contribution < -0.4 is 0 Å². The molecule has 0 radical (unpaired) electrons. The van der Waals surface area contributed by atoms with E-state index in [1.807, 2.05) is 0 Å². The molecule has 1 heterocycles. The second-order valence-corrected chi connectivity index (χ2v) is 4.41. The Morgan fingerprint density at radius 1 is 1.07 bits per heavy atom. The van der Waals surface area contributed by atoms with Crippen LogP contribution in [0.5, 0.6) is 0 Å². The van der Waals surface area contributed by atoms with Crippen molar-refractivity contribution < 1.29 is 0 Å². The van der Waals surface area contributed by atoms with Crippen LogP contribution in [0.25, 0.3) is 10.6 Å². The highest BCUT2D eigenvalue weighted by Gasteiger charge is 2.02. The molecule has 1 aromatic carbocycles. The minimum atomic E-state index is 1.02. The average molecular weight is 217 g/mol. The Hall–Kier alpha value is -1.15. The van der Waals surface area contributed by atoms with Crippen LogP contribution in [-0.4, -0.2) is 4.98 Å². The number of thiazole rings is 1. The lowest BCUT2D eigenvalue weighted by Crippen LogP contribution is -1.82. The summed E-state index contributed by atoms with van der Waals surface area (Å²) < 4.78 is 0. The minimum absolute atomic E-state index is 1.02. The third-order valence-electron chi connectivity index (χ3n) is 2.52. The van der Waals surface area contributed by atoms with Gasteiger partial charge in [0.15, 0.2) is 0 Å². The van der Waals surface area contributed by atoms with Crippen molar-refractivity contribution in [2.24, 2.45) is 0 Å². The van der Waals surface area contributed by atoms with Crippen LogP contribution in [0.15, 0.2) is 29.6 Å². The van der Waals surface area contributed by atoms with Crippen LogP contribution in [0.4, 0.5) is 0 Å². The predicted molar refractivity (Wildman–Crippen MR) is 66.3 cm³/mol. The molecular formula is C13H15NS. The summed E-state index contributed by atoms with van der Waals surface area (Å²) in [5.41, 5.74) is 3.80. The van der Waals surface area contributed by atoms with Crippen LogP contribution in [0.1, 0.15) is 25.1 Å². The van der Waals surface area contributed by atoms with Gasteiger partial charge >= 0.3 is 0 Å². The molecule has 78 valence electrons. The van der Waals surface area contributed by atoms with Gasteiger partial charge in [-0.25, -0.2) is 4.98 Å². The number of aryl methyl sites for hydroxylation is 2. The highest BCUT2D eigenvalue weighted by Crippen LogP contribution is 2.24. The maximum Gasteiger partial charge on any atom is 0.123 e. The fourth-order valence-electron chi connectivity index (χ4n) is 1.48. The van der Waals surface area contributed by atoms with Gasteiger partial charge in [-0.3, -0.25) is 0 Å². The number of hydrogen-bond donors (Lipinski definition) is 0. The molecule has 0 amide bonds. The lowest BCUT2D eigenvalue weighted by atomic mass is 10.1. The SMILES string of the molecule is CCc1ccc(-c2nc(CC)cs2)cc1. The van der Waals surface area contributed by atoms with Gasteiger partial charge in [-0.2, -0.15) is 0 Å². The van der Waals surface area contributed by atoms with Crippen LogP contribution in [0.3, 0.4) is 0 Å². The van der Waals surface area contributed by atoms with Gasteiger partial charge in [-0.05, 0) is 18.4 Å². The average Bonchev–Trinajstić information content (AvgIpc) is 2.78. The molecule has 2 rings (SSSR count). The Labute approximate surface area is 94.8 Å². The van der Waals surface area contributed by atoms with E-state index in [2.05, 4.69) is 48.5 Å². The zero-order chi connectivity index (χ0) is 10.7. The number of benzene rings is 1. The van der Waals surface area contributed by atoms with Crippen molar-refractivity contribution in [3.63, 3.8) is 0 Å². The molecule has 0 aliphatic carbocycles. The summed E-state index contributed by atoms with van der Waals surface area (Å²) in [5.74, 6) is 0. The highest BCUT2D eigenvalue weighted by molar-refractivity contribution is 7.13. The van der Waals surface area contributed by atoms with Gasteiger partial charge in [-0.15, -0.1) is 11.3 Å². The van der Waals surface area contributed by atoms with Crippen molar-refractivity contribution in [1.29, 1.82) is 0 Å². The Balaban J connectivity index is 2.28. The summed E-state index contributed by atoms with van der Waals surface area (Å²) in [6.07, 6.45) is 2.11. The van der Waals surface area contributed by atoms with Crippen LogP contribution in [0.2, 0.25) is 0 Å². The Morgan fingerprint density at radius 3 is 2.33 bits per heavy atom. The van der Waals surface area contributed by atoms with Gasteiger partial charge in [-0.1, -0.05) is 38.1 Å². The van der Waals surface area contributed by atoms with Crippen LogP contribution >= 0.6 is 11.3 Å². The molecule has 0 saturated heterocycles. The van der Waals surface area contributed by atoms with Crippen molar-refractivity contribution >= 4 is 11.3 Å². The largest absolute Gasteiger partial charge is 0.241 e. The predicted octanol–water partition coefficient (Wildman–Crippen LogP) is 3.93. The first-order chi connectivity index (χ1) is 7.33. The summed E-state index contributed by atoms with van der Waals surface area (Å²) in [6, 6.07) is 8.69. The maximum absolute atomic E-state index is 4.57. The number of rotatable bonds is 3. The van der Waals surface area contributed by atoms with E-state index >= 15 is 0 Å². The van der Waals surface area contributed by atoms with Crippen molar-refractivity contribution in [3.8, 4) is 10.6 Å². The van der Waals surface area contributed by atoms with Crippen molar-refractivity contribution in [2.75, 3.05) is 0 Å². The second kappa shape index (κ2) is 4.58. The molecule has 1 aromatic heterocycles. The summed E-state index contributed by atoms with van der Waals surface area (Å²) in [4.78, 5) is 4.57. The van der Waals surface area contributed by atoms with Crippen molar-refractivity contribution in [2.45, 2.75) is 26.7 Å². The molecule has 15 heavy (non-hydrogen) atoms. The molecule has 0 atom stereocenters. The summed E-state index contributed by atoms with van der Waals surface area (Å²) in [7, 11) is 0. The second-order valence-electron chi connectivity index (χ2n) is 3.55. The molecule has 0 spiro atoms. The van der Waals surface area contributed by atoms with E-state index in [9.17, 15) is 0 Å². The minimum Gasteiger partial charge on any atom is -0.241 e. The van der Waals surface area contributed by atoms with E-state index in [1.165, 1.54) is 16.8 Å². The van der Waals surface area contributed by atoms with Gasteiger partial charge in [0, 0.05) is 10.9 Å². The normalized spacial score (nSPS) is 10.5. The quantitative estimate of drug-likeness (QED) is 0.759. The molecule has 0 bridgehead atoms. The summed E-state index contributed by atoms with van der Waals surface area (Å²) in [5, 5.41) is 3.28. The van der Waals surface area contributed by atoms with Gasteiger partial charge in [0.2, 0.25) is 0 Å². The standard InChI is InChI=1S/C13H15NS/c1-3-10-5-7-11(8-6-10)13-14-12(4-2)9-15-13/h5-9H,3-4H2,1-2H3. The number of nitrogens with zero attached hydrogens (tertiary/aromatic N) is 1. The Bertz CT molecular complexity index is 428. The van der Waals surface area contributed by atoms with Gasteiger partial charge in [0.05, 0.1) is 5.69 Å². The monoisotopic (exact) mass is 217 g/mol. The first kappa shape index (κ1) is 10.4. The highest BCUT2D eigenvalue weighted by atomic mass is 32.1. The van der Waals surface area contributed by atoms with Gasteiger partial charge in [0.25, 0.3) is 0 Å². The zero-order valence-electron chi connectivity index (χ0n) is 9.16. The number of aromatic nitrogens is 1. The van der Waals surface area contributed by atoms with E-state index in [0.29, 0.717) is 0 Å². The maximum atomic E-state index is 4.57. The molecule has 0 saturated carbocycles. The molecule has 2 aromatic rings. The van der Waals surface area contributed by atoms with Gasteiger partial charge in [0.1, 0.15) is 5.01 Å². The van der Waals surface area contributed by atoms with Gasteiger partial charge < -0.3 is 0 Å². The smallest absolute Gasteiger partial charge is 0.123 e. The summed E-state index contributed by atoms with van der Waals surface area (Å²) >= 11 is 1.73. The first-order valence-electron chi connectivity index (χ1n) is 5.37. The molecule has 0 aliphatic heterocycles. The summed E-state index contributed by atoms with van der Waals surface area (Å²) in [6.45, 7) is 4.31. The third-order valence-corrected chi connectivity index (χ3v) is 3.46. The number of hydrogen-bond acceptors (Lipinski definition) is 2. The van der Waals surface area contributed by atoms with Crippen molar-refractivity contribution in [3.05, 3.63) is 40.9 Å². The van der Waals surface area contributed by atoms with Crippen LogP contribution in [-0.2, 0) is 12.8 Å². The van der Waals surface area contributed by atoms with Crippen molar-refractivity contribution in [1.82, 2.24) is 4.98 Å². The molecule has 1 nitrogen and oxygen atoms in total. The molecule has 0 N–H and O–H groups in total. The Morgan fingerprint density at radius 2 is 1.80 bits per heavy atom. The first-order valence-corrected chi connectivity index (χ1v) is 6.25. The Kier molecular flexibility index (Phi) is 3.17. The molecule has 2 heteroatoms. The molecular weight excluding hydrogens is 202 g/mol. The van der Waals surface area contributed by atoms with E-state index in [1.54, 1.807) is 11.3 Å². The zero-order valence-corrected chi connectivity index (χ0v) is 9.97. The fourth-order valence-corrected chi connectivity index (χ4v) is 2.39. The molecule has 0 fully saturated rings. The van der Waals surface area contributed by atoms with Crippen LogP contribution in [0, 0.1) is 0 Å². The lowest BCUT2D eigenvalue weighted by Gasteiger charge is -1.98. The molecule has 0 aliphatic rings. The molecule has 0 unspecified atom stereocenters. The van der Waals surface area contributed by atoms with E-state index < -0.39 is 0 Å². The van der Waals surface area contributed by atoms with E-state index in [4.69, 9.17) is 0 Å².